The lowest BCUT2D eigenvalue weighted by atomic mass is 10.5. The molecule has 0 amide bonds. The highest BCUT2D eigenvalue weighted by atomic mass is 32.2. The van der Waals surface area contributed by atoms with Crippen molar-refractivity contribution in [3.63, 3.8) is 0 Å². The van der Waals surface area contributed by atoms with Gasteiger partial charge in [0, 0.05) is 17.2 Å². The average molecular weight is 148 g/mol. The number of rotatable bonds is 4. The molecule has 1 atom stereocenters. The van der Waals surface area contributed by atoms with Crippen molar-refractivity contribution >= 4 is 11.0 Å². The Labute approximate surface area is 55.5 Å². The van der Waals surface area contributed by atoms with Crippen LogP contribution in [0.15, 0.2) is 5.11 Å². The highest BCUT2D eigenvalue weighted by molar-refractivity contribution is 7.82. The zero-order chi connectivity index (χ0) is 7.11. The molecule has 0 spiro atoms. The molecule has 52 valence electrons. The van der Waals surface area contributed by atoms with Crippen LogP contribution < -0.4 is 5.14 Å². The topological polar surface area (TPSA) is 91.8 Å². The fourth-order valence-electron chi connectivity index (χ4n) is 0.322. The maximum Gasteiger partial charge on any atom is 0.0887 e. The Hall–Kier alpha value is -0.580. The first-order valence-corrected chi connectivity index (χ1v) is 3.79. The van der Waals surface area contributed by atoms with E-state index < -0.39 is 11.0 Å². The van der Waals surface area contributed by atoms with Crippen LogP contribution in [0.4, 0.5) is 0 Å². The molecule has 0 saturated carbocycles. The Balaban J connectivity index is 3.10. The summed E-state index contributed by atoms with van der Waals surface area (Å²) in [6, 6.07) is 0. The molecule has 0 aromatic carbocycles. The lowest BCUT2D eigenvalue weighted by molar-refractivity contribution is 0.682. The highest BCUT2D eigenvalue weighted by Gasteiger charge is 1.88. The van der Waals surface area contributed by atoms with Gasteiger partial charge in [-0.2, -0.15) is 0 Å². The number of nitrogens with two attached hydrogens (primary N) is 1. The van der Waals surface area contributed by atoms with Crippen molar-refractivity contribution in [1.82, 2.24) is 0 Å². The second kappa shape index (κ2) is 5.55. The van der Waals surface area contributed by atoms with Crippen LogP contribution in [0.2, 0.25) is 0 Å². The van der Waals surface area contributed by atoms with Crippen molar-refractivity contribution in [1.29, 1.82) is 0 Å². The van der Waals surface area contributed by atoms with Gasteiger partial charge in [0.05, 0.1) is 11.0 Å². The number of nitrogens with zero attached hydrogens (tertiary/aromatic N) is 3. The van der Waals surface area contributed by atoms with Gasteiger partial charge in [-0.25, -0.2) is 4.21 Å². The van der Waals surface area contributed by atoms with Crippen molar-refractivity contribution in [3.8, 4) is 0 Å². The molecule has 0 fully saturated rings. The molecule has 2 N–H and O–H groups in total. The fraction of sp³-hybridized carbons (Fsp3) is 1.00. The SMILES string of the molecule is [N-]=[N+]=NCCCS(N)=O. The summed E-state index contributed by atoms with van der Waals surface area (Å²) in [6.07, 6.45) is 0.590. The van der Waals surface area contributed by atoms with E-state index in [-0.39, 0.29) is 0 Å². The minimum Gasteiger partial charge on any atom is -0.252 e. The summed E-state index contributed by atoms with van der Waals surface area (Å²) >= 11 is 0. The minimum absolute atomic E-state index is 0.374. The molecule has 0 aliphatic heterocycles. The molecular weight excluding hydrogens is 140 g/mol. The number of hydrogen-bond acceptors (Lipinski definition) is 2. The standard InChI is InChI=1S/C3H8N4OS/c4-7-6-2-1-3-9(5)8/h1-3,5H2. The second-order valence-electron chi connectivity index (χ2n) is 1.39. The van der Waals surface area contributed by atoms with Crippen LogP contribution >= 0.6 is 0 Å². The number of azide groups is 1. The predicted octanol–water partition coefficient (Wildman–Crippen LogP) is 0.309. The Bertz CT molecular complexity index is 139. The fourth-order valence-corrected chi connectivity index (χ4v) is 0.736. The minimum atomic E-state index is -1.25. The third-order valence-electron chi connectivity index (χ3n) is 0.667. The van der Waals surface area contributed by atoms with E-state index in [4.69, 9.17) is 10.7 Å². The van der Waals surface area contributed by atoms with E-state index in [0.29, 0.717) is 18.7 Å². The van der Waals surface area contributed by atoms with Crippen molar-refractivity contribution in [2.24, 2.45) is 10.3 Å². The zero-order valence-electron chi connectivity index (χ0n) is 4.86. The smallest absolute Gasteiger partial charge is 0.0887 e. The van der Waals surface area contributed by atoms with Crippen molar-refractivity contribution in [2.45, 2.75) is 6.42 Å². The largest absolute Gasteiger partial charge is 0.252 e. The monoisotopic (exact) mass is 148 g/mol. The summed E-state index contributed by atoms with van der Waals surface area (Å²) in [5.74, 6) is 0.402. The van der Waals surface area contributed by atoms with Gasteiger partial charge in [-0.3, -0.25) is 5.14 Å². The highest BCUT2D eigenvalue weighted by Crippen LogP contribution is 1.82. The summed E-state index contributed by atoms with van der Waals surface area (Å²) in [4.78, 5) is 2.52. The van der Waals surface area contributed by atoms with Crippen LogP contribution in [0.5, 0.6) is 0 Å². The molecule has 0 aromatic heterocycles. The molecule has 0 aliphatic rings. The van der Waals surface area contributed by atoms with Gasteiger partial charge in [0.2, 0.25) is 0 Å². The summed E-state index contributed by atoms with van der Waals surface area (Å²) in [6.45, 7) is 0.374. The van der Waals surface area contributed by atoms with Gasteiger partial charge >= 0.3 is 0 Å². The molecule has 0 heterocycles. The lowest BCUT2D eigenvalue weighted by Crippen LogP contribution is -2.07. The van der Waals surface area contributed by atoms with Crippen LogP contribution in [0.25, 0.3) is 10.4 Å². The van der Waals surface area contributed by atoms with Crippen molar-refractivity contribution in [2.75, 3.05) is 12.3 Å². The van der Waals surface area contributed by atoms with Gasteiger partial charge < -0.3 is 0 Å². The first kappa shape index (κ1) is 8.42. The Morgan fingerprint density at radius 3 is 2.89 bits per heavy atom. The molecule has 0 aromatic rings. The Morgan fingerprint density at radius 2 is 2.44 bits per heavy atom. The predicted molar refractivity (Wildman–Crippen MR) is 35.8 cm³/mol. The zero-order valence-corrected chi connectivity index (χ0v) is 5.67. The molecule has 0 radical (unpaired) electrons. The van der Waals surface area contributed by atoms with Gasteiger partial charge in [-0.1, -0.05) is 5.11 Å². The quantitative estimate of drug-likeness (QED) is 0.264. The Morgan fingerprint density at radius 1 is 1.78 bits per heavy atom. The van der Waals surface area contributed by atoms with E-state index in [0.717, 1.165) is 0 Å². The second-order valence-corrected chi connectivity index (χ2v) is 2.56. The normalized spacial score (nSPS) is 12.1. The van der Waals surface area contributed by atoms with Crippen LogP contribution in [0.3, 0.4) is 0 Å². The first-order valence-electron chi connectivity index (χ1n) is 2.41. The van der Waals surface area contributed by atoms with E-state index in [1.54, 1.807) is 0 Å². The number of hydrogen-bond donors (Lipinski definition) is 1. The summed E-state index contributed by atoms with van der Waals surface area (Å²) in [5.41, 5.74) is 7.78. The molecule has 0 bridgehead atoms. The third kappa shape index (κ3) is 7.42. The molecule has 1 unspecified atom stereocenters. The lowest BCUT2D eigenvalue weighted by Gasteiger charge is -1.88. The summed E-state index contributed by atoms with van der Waals surface area (Å²) in [5, 5.41) is 8.15. The van der Waals surface area contributed by atoms with Crippen LogP contribution in [-0.4, -0.2) is 16.5 Å². The van der Waals surface area contributed by atoms with Crippen LogP contribution in [0, 0.1) is 0 Å². The van der Waals surface area contributed by atoms with E-state index in [1.807, 2.05) is 0 Å². The molecule has 5 nitrogen and oxygen atoms in total. The molecule has 6 heteroatoms. The van der Waals surface area contributed by atoms with Gasteiger partial charge in [-0.15, -0.1) is 0 Å². The summed E-state index contributed by atoms with van der Waals surface area (Å²) < 4.78 is 10.2. The first-order chi connectivity index (χ1) is 4.27. The van der Waals surface area contributed by atoms with E-state index in [9.17, 15) is 4.21 Å². The molecular formula is C3H8N4OS. The van der Waals surface area contributed by atoms with Crippen molar-refractivity contribution < 1.29 is 4.21 Å². The molecule has 9 heavy (non-hydrogen) atoms. The van der Waals surface area contributed by atoms with Crippen molar-refractivity contribution in [3.05, 3.63) is 10.4 Å². The maximum atomic E-state index is 10.2. The van der Waals surface area contributed by atoms with E-state index in [1.165, 1.54) is 0 Å². The Kier molecular flexibility index (Phi) is 5.20. The van der Waals surface area contributed by atoms with Gasteiger partial charge in [0.25, 0.3) is 0 Å². The molecule has 0 saturated heterocycles. The molecule has 0 aliphatic carbocycles. The van der Waals surface area contributed by atoms with Crippen LogP contribution in [0.1, 0.15) is 6.42 Å². The van der Waals surface area contributed by atoms with Crippen LogP contribution in [-0.2, 0) is 11.0 Å². The van der Waals surface area contributed by atoms with E-state index in [2.05, 4.69) is 10.0 Å². The summed E-state index contributed by atoms with van der Waals surface area (Å²) in [7, 11) is -1.25. The van der Waals surface area contributed by atoms with Gasteiger partial charge in [0.1, 0.15) is 0 Å². The van der Waals surface area contributed by atoms with Gasteiger partial charge in [-0.05, 0) is 12.0 Å². The maximum absolute atomic E-state index is 10.2. The third-order valence-corrected chi connectivity index (χ3v) is 1.36. The van der Waals surface area contributed by atoms with Gasteiger partial charge in [0.15, 0.2) is 0 Å². The van der Waals surface area contributed by atoms with E-state index >= 15 is 0 Å². The molecule has 0 rings (SSSR count). The average Bonchev–Trinajstić information content (AvgIpc) is 1.80.